The zero-order valence-corrected chi connectivity index (χ0v) is 17.7. The van der Waals surface area contributed by atoms with Gasteiger partial charge >= 0.3 is 0 Å². The molecule has 4 aromatic rings. The maximum atomic E-state index is 12.1. The highest BCUT2D eigenvalue weighted by molar-refractivity contribution is 7.14. The molecule has 4 rings (SSSR count). The fraction of sp³-hybridized carbons (Fsp3) is 0.0952. The van der Waals surface area contributed by atoms with Crippen molar-refractivity contribution in [2.24, 2.45) is 5.10 Å². The fourth-order valence-corrected chi connectivity index (χ4v) is 3.89. The van der Waals surface area contributed by atoms with E-state index in [1.807, 2.05) is 41.9 Å². The number of ketones is 1. The van der Waals surface area contributed by atoms with Crippen molar-refractivity contribution in [3.8, 4) is 11.3 Å². The Hall–Kier alpha value is -2.67. The van der Waals surface area contributed by atoms with Gasteiger partial charge in [0.05, 0.1) is 15.7 Å². The summed E-state index contributed by atoms with van der Waals surface area (Å²) in [7, 11) is 0. The van der Waals surface area contributed by atoms with Crippen LogP contribution in [0.5, 0.6) is 0 Å². The minimum atomic E-state index is -0.0935. The van der Waals surface area contributed by atoms with Crippen molar-refractivity contribution in [2.45, 2.75) is 13.3 Å². The van der Waals surface area contributed by atoms with E-state index < -0.39 is 0 Å². The summed E-state index contributed by atoms with van der Waals surface area (Å²) >= 11 is 13.4. The van der Waals surface area contributed by atoms with E-state index in [2.05, 4.69) is 20.5 Å². The lowest BCUT2D eigenvalue weighted by molar-refractivity contribution is -0.111. The van der Waals surface area contributed by atoms with E-state index in [1.165, 1.54) is 18.3 Å². The first-order chi connectivity index (χ1) is 14.0. The highest BCUT2D eigenvalue weighted by Crippen LogP contribution is 2.30. The van der Waals surface area contributed by atoms with Crippen LogP contribution < -0.4 is 5.43 Å². The Morgan fingerprint density at radius 3 is 2.83 bits per heavy atom. The number of H-pyrrole nitrogens is 1. The molecule has 8 heteroatoms. The van der Waals surface area contributed by atoms with Crippen LogP contribution in [0.4, 0.5) is 5.13 Å². The van der Waals surface area contributed by atoms with E-state index >= 15 is 0 Å². The third-order valence-electron chi connectivity index (χ3n) is 4.45. The van der Waals surface area contributed by atoms with Crippen molar-refractivity contribution >= 4 is 62.1 Å². The number of hydrogen-bond donors (Lipinski definition) is 2. The van der Waals surface area contributed by atoms with Gasteiger partial charge < -0.3 is 4.98 Å². The Morgan fingerprint density at radius 2 is 2.03 bits per heavy atom. The number of benzene rings is 2. The molecule has 2 aromatic carbocycles. The summed E-state index contributed by atoms with van der Waals surface area (Å²) < 4.78 is 0. The number of hydrazone groups is 1. The number of Topliss-reactive ketones (excluding diaryl/α,β-unsaturated/α-hetero) is 1. The van der Waals surface area contributed by atoms with Gasteiger partial charge in [0.15, 0.2) is 5.78 Å². The number of carbonyl (C=O) groups excluding carboxylic acids is 1. The van der Waals surface area contributed by atoms with Gasteiger partial charge in [0.1, 0.15) is 5.71 Å². The number of aromatic nitrogens is 2. The topological polar surface area (TPSA) is 70.1 Å². The van der Waals surface area contributed by atoms with Gasteiger partial charge in [-0.15, -0.1) is 11.3 Å². The Kier molecular flexibility index (Phi) is 5.67. The second-order valence-electron chi connectivity index (χ2n) is 6.43. The summed E-state index contributed by atoms with van der Waals surface area (Å²) in [6, 6.07) is 13.3. The maximum Gasteiger partial charge on any atom is 0.203 e. The highest BCUT2D eigenvalue weighted by atomic mass is 35.5. The van der Waals surface area contributed by atoms with Gasteiger partial charge in [-0.05, 0) is 23.8 Å². The quantitative estimate of drug-likeness (QED) is 0.275. The van der Waals surface area contributed by atoms with Crippen LogP contribution >= 0.6 is 34.5 Å². The van der Waals surface area contributed by atoms with Gasteiger partial charge in [0.25, 0.3) is 0 Å². The Labute approximate surface area is 181 Å². The van der Waals surface area contributed by atoms with E-state index in [9.17, 15) is 4.79 Å². The van der Waals surface area contributed by atoms with Crippen molar-refractivity contribution in [2.75, 3.05) is 5.43 Å². The standard InChI is InChI=1S/C21H16Cl2N4OS/c1-12(28)19(9-14-10-24-18-5-3-2-4-15(14)18)26-27-21-25-20(11-29-21)13-6-7-16(22)17(23)8-13/h2-8,10-11,24H,9H2,1H3,(H,25,27)/b26-19-. The number of anilines is 1. The number of hydrogen-bond acceptors (Lipinski definition) is 5. The molecule has 0 aliphatic carbocycles. The molecule has 0 amide bonds. The smallest absolute Gasteiger partial charge is 0.203 e. The number of carbonyl (C=O) groups is 1. The lowest BCUT2D eigenvalue weighted by atomic mass is 10.1. The third kappa shape index (κ3) is 4.34. The van der Waals surface area contributed by atoms with Gasteiger partial charge in [-0.25, -0.2) is 4.98 Å². The molecular formula is C21H16Cl2N4OS. The van der Waals surface area contributed by atoms with E-state index in [0.717, 1.165) is 27.7 Å². The van der Waals surface area contributed by atoms with Crippen molar-refractivity contribution < 1.29 is 4.79 Å². The molecular weight excluding hydrogens is 427 g/mol. The van der Waals surface area contributed by atoms with Crippen LogP contribution in [0.15, 0.2) is 59.1 Å². The molecule has 0 bridgehead atoms. The number of para-hydroxylation sites is 1. The molecule has 0 radical (unpaired) electrons. The molecule has 0 spiro atoms. The zero-order chi connectivity index (χ0) is 20.4. The second-order valence-corrected chi connectivity index (χ2v) is 8.10. The van der Waals surface area contributed by atoms with Crippen molar-refractivity contribution in [1.82, 2.24) is 9.97 Å². The number of rotatable bonds is 6. The summed E-state index contributed by atoms with van der Waals surface area (Å²) in [5.74, 6) is -0.0935. The van der Waals surface area contributed by atoms with Crippen LogP contribution in [0, 0.1) is 0 Å². The van der Waals surface area contributed by atoms with Crippen molar-refractivity contribution in [1.29, 1.82) is 0 Å². The highest BCUT2D eigenvalue weighted by Gasteiger charge is 2.12. The van der Waals surface area contributed by atoms with Crippen LogP contribution in [0.2, 0.25) is 10.0 Å². The minimum Gasteiger partial charge on any atom is -0.361 e. The van der Waals surface area contributed by atoms with Gasteiger partial charge in [-0.2, -0.15) is 5.10 Å². The first-order valence-corrected chi connectivity index (χ1v) is 10.4. The largest absolute Gasteiger partial charge is 0.361 e. The maximum absolute atomic E-state index is 12.1. The average molecular weight is 443 g/mol. The predicted molar refractivity (Wildman–Crippen MR) is 121 cm³/mol. The average Bonchev–Trinajstić information content (AvgIpc) is 3.34. The fourth-order valence-electron chi connectivity index (χ4n) is 2.93. The van der Waals surface area contributed by atoms with Crippen LogP contribution in [-0.2, 0) is 11.2 Å². The Balaban J connectivity index is 1.53. The van der Waals surface area contributed by atoms with Gasteiger partial charge in [0, 0.05) is 41.4 Å². The summed E-state index contributed by atoms with van der Waals surface area (Å²) in [6.45, 7) is 1.51. The molecule has 2 heterocycles. The number of fused-ring (bicyclic) bond motifs is 1. The predicted octanol–water partition coefficient (Wildman–Crippen LogP) is 6.20. The van der Waals surface area contributed by atoms with Gasteiger partial charge in [-0.3, -0.25) is 10.2 Å². The summed E-state index contributed by atoms with van der Waals surface area (Å²) in [5.41, 5.74) is 7.01. The first kappa shape index (κ1) is 19.6. The van der Waals surface area contributed by atoms with E-state index in [4.69, 9.17) is 23.2 Å². The molecule has 0 aliphatic heterocycles. The zero-order valence-electron chi connectivity index (χ0n) is 15.4. The monoisotopic (exact) mass is 442 g/mol. The van der Waals surface area contributed by atoms with E-state index in [-0.39, 0.29) is 5.78 Å². The summed E-state index contributed by atoms with van der Waals surface area (Å²) in [4.78, 5) is 19.8. The number of aromatic amines is 1. The van der Waals surface area contributed by atoms with Crippen molar-refractivity contribution in [3.05, 3.63) is 69.7 Å². The second kappa shape index (κ2) is 8.37. The minimum absolute atomic E-state index is 0.0935. The molecule has 2 aromatic heterocycles. The summed E-state index contributed by atoms with van der Waals surface area (Å²) in [6.07, 6.45) is 2.34. The molecule has 0 saturated carbocycles. The van der Waals surface area contributed by atoms with Crippen molar-refractivity contribution in [3.63, 3.8) is 0 Å². The Morgan fingerprint density at radius 1 is 1.21 bits per heavy atom. The number of nitrogens with one attached hydrogen (secondary N) is 2. The SMILES string of the molecule is CC(=O)/C(Cc1c[nH]c2ccccc12)=N\Nc1nc(-c2ccc(Cl)c(Cl)c2)cs1. The number of halogens is 2. The lowest BCUT2D eigenvalue weighted by Gasteiger charge is -2.03. The molecule has 0 aliphatic rings. The first-order valence-electron chi connectivity index (χ1n) is 8.80. The van der Waals surface area contributed by atoms with E-state index in [1.54, 1.807) is 12.1 Å². The molecule has 0 atom stereocenters. The normalized spacial score (nSPS) is 11.8. The molecule has 146 valence electrons. The summed E-state index contributed by atoms with van der Waals surface area (Å²) in [5, 5.41) is 8.85. The molecule has 0 fully saturated rings. The molecule has 0 unspecified atom stereocenters. The third-order valence-corrected chi connectivity index (χ3v) is 5.93. The van der Waals surface area contributed by atoms with Crippen LogP contribution in [0.1, 0.15) is 12.5 Å². The van der Waals surface area contributed by atoms with Crippen LogP contribution in [0.3, 0.4) is 0 Å². The van der Waals surface area contributed by atoms with Crippen LogP contribution in [0.25, 0.3) is 22.2 Å². The molecule has 2 N–H and O–H groups in total. The van der Waals surface area contributed by atoms with E-state index in [0.29, 0.717) is 27.3 Å². The molecule has 0 saturated heterocycles. The van der Waals surface area contributed by atoms with Gasteiger partial charge in [0.2, 0.25) is 5.13 Å². The number of nitrogens with zero attached hydrogens (tertiary/aromatic N) is 2. The molecule has 29 heavy (non-hydrogen) atoms. The van der Waals surface area contributed by atoms with Gasteiger partial charge in [-0.1, -0.05) is 47.5 Å². The molecule has 5 nitrogen and oxygen atoms in total. The Bertz CT molecular complexity index is 1230. The number of thiazole rings is 1. The van der Waals surface area contributed by atoms with Crippen LogP contribution in [-0.4, -0.2) is 21.5 Å². The lowest BCUT2D eigenvalue weighted by Crippen LogP contribution is -2.15.